The van der Waals surface area contributed by atoms with Crippen molar-refractivity contribution < 1.29 is 14.6 Å². The highest BCUT2D eigenvalue weighted by molar-refractivity contribution is 5.74. The Morgan fingerprint density at radius 2 is 2.27 bits per heavy atom. The number of hydrogen-bond donors (Lipinski definition) is 3. The van der Waals surface area contributed by atoms with E-state index in [1.54, 1.807) is 19.4 Å². The Hall–Kier alpha value is -1.82. The van der Waals surface area contributed by atoms with Crippen LogP contribution in [0, 0.1) is 5.92 Å². The van der Waals surface area contributed by atoms with E-state index in [1.165, 1.54) is 0 Å². The molecule has 1 aliphatic carbocycles. The van der Waals surface area contributed by atoms with Crippen molar-refractivity contribution >= 4 is 6.03 Å². The molecule has 2 amide bonds. The van der Waals surface area contributed by atoms with Gasteiger partial charge in [-0.2, -0.15) is 0 Å². The molecular weight excluding hydrogens is 282 g/mol. The monoisotopic (exact) mass is 307 g/mol. The molecule has 1 saturated carbocycles. The largest absolute Gasteiger partial charge is 0.481 e. The lowest BCUT2D eigenvalue weighted by molar-refractivity contribution is 0.0259. The maximum Gasteiger partial charge on any atom is 0.315 e. The summed E-state index contributed by atoms with van der Waals surface area (Å²) in [5, 5.41) is 15.4. The van der Waals surface area contributed by atoms with E-state index >= 15 is 0 Å². The summed E-state index contributed by atoms with van der Waals surface area (Å²) in [6.07, 6.45) is 4.87. The molecule has 1 aromatic heterocycles. The van der Waals surface area contributed by atoms with Crippen LogP contribution in [0.5, 0.6) is 5.88 Å². The highest BCUT2D eigenvalue weighted by Gasteiger charge is 2.35. The molecule has 122 valence electrons. The normalized spacial score (nSPS) is 21.6. The number of rotatable bonds is 7. The van der Waals surface area contributed by atoms with Gasteiger partial charge in [-0.15, -0.1) is 0 Å². The van der Waals surface area contributed by atoms with Gasteiger partial charge in [-0.1, -0.05) is 19.4 Å². The summed E-state index contributed by atoms with van der Waals surface area (Å²) >= 11 is 0. The molecule has 0 unspecified atom stereocenters. The van der Waals surface area contributed by atoms with Crippen molar-refractivity contribution in [1.29, 1.82) is 0 Å². The average Bonchev–Trinajstić information content (AvgIpc) is 2.50. The number of hydrogen-bond acceptors (Lipinski definition) is 4. The predicted octanol–water partition coefficient (Wildman–Crippen LogP) is 2.00. The topological polar surface area (TPSA) is 83.5 Å². The molecule has 6 heteroatoms. The molecule has 1 atom stereocenters. The van der Waals surface area contributed by atoms with E-state index in [1.807, 2.05) is 6.07 Å². The lowest BCUT2D eigenvalue weighted by Gasteiger charge is -2.38. The number of amides is 2. The van der Waals surface area contributed by atoms with E-state index in [9.17, 15) is 9.90 Å². The number of aliphatic hydroxyl groups is 1. The van der Waals surface area contributed by atoms with Gasteiger partial charge in [-0.3, -0.25) is 0 Å². The number of aliphatic hydroxyl groups excluding tert-OH is 1. The van der Waals surface area contributed by atoms with Gasteiger partial charge in [-0.25, -0.2) is 9.78 Å². The van der Waals surface area contributed by atoms with Crippen molar-refractivity contribution in [2.24, 2.45) is 5.92 Å². The Labute approximate surface area is 131 Å². The summed E-state index contributed by atoms with van der Waals surface area (Å²) in [4.78, 5) is 16.2. The van der Waals surface area contributed by atoms with Crippen molar-refractivity contribution in [3.63, 3.8) is 0 Å². The SMILES string of the molecule is CCCCNC(=O)N[C@@H](c1ccc(OC)nc1)C1CC(O)C1. The van der Waals surface area contributed by atoms with E-state index in [0.29, 0.717) is 25.3 Å². The molecule has 1 fully saturated rings. The third kappa shape index (κ3) is 4.34. The van der Waals surface area contributed by atoms with Crippen molar-refractivity contribution in [2.75, 3.05) is 13.7 Å². The van der Waals surface area contributed by atoms with Crippen LogP contribution >= 0.6 is 0 Å². The van der Waals surface area contributed by atoms with Crippen molar-refractivity contribution in [3.8, 4) is 5.88 Å². The Bertz CT molecular complexity index is 472. The maximum absolute atomic E-state index is 12.0. The minimum Gasteiger partial charge on any atom is -0.481 e. The number of carbonyl (C=O) groups excluding carboxylic acids is 1. The standard InChI is InChI=1S/C16H25N3O3/c1-3-4-7-17-16(21)19-15(12-8-13(20)9-12)11-5-6-14(22-2)18-10-11/h5-6,10,12-13,15,20H,3-4,7-9H2,1-2H3,(H2,17,19,21)/t12?,13?,15-/m0/s1. The zero-order valence-corrected chi connectivity index (χ0v) is 13.2. The van der Waals surface area contributed by atoms with Crippen LogP contribution < -0.4 is 15.4 Å². The zero-order chi connectivity index (χ0) is 15.9. The fourth-order valence-corrected chi connectivity index (χ4v) is 2.64. The molecular formula is C16H25N3O3. The Balaban J connectivity index is 2.00. The number of unbranched alkanes of at least 4 members (excludes halogenated alkanes) is 1. The zero-order valence-electron chi connectivity index (χ0n) is 13.2. The van der Waals surface area contributed by atoms with Crippen LogP contribution in [0.1, 0.15) is 44.2 Å². The molecule has 0 aliphatic heterocycles. The minimum atomic E-state index is -0.260. The van der Waals surface area contributed by atoms with E-state index < -0.39 is 0 Å². The highest BCUT2D eigenvalue weighted by atomic mass is 16.5. The number of carbonyl (C=O) groups is 1. The van der Waals surface area contributed by atoms with Crippen molar-refractivity contribution in [1.82, 2.24) is 15.6 Å². The molecule has 3 N–H and O–H groups in total. The van der Waals surface area contributed by atoms with Gasteiger partial charge in [0.1, 0.15) is 0 Å². The van der Waals surface area contributed by atoms with Gasteiger partial charge < -0.3 is 20.5 Å². The molecule has 0 saturated heterocycles. The third-order valence-corrected chi connectivity index (χ3v) is 4.05. The summed E-state index contributed by atoms with van der Waals surface area (Å²) in [5.74, 6) is 0.783. The van der Waals surface area contributed by atoms with Crippen LogP contribution in [-0.2, 0) is 0 Å². The van der Waals surface area contributed by atoms with E-state index in [4.69, 9.17) is 4.74 Å². The molecule has 2 rings (SSSR count). The number of ether oxygens (including phenoxy) is 1. The second kappa shape index (κ2) is 7.98. The second-order valence-electron chi connectivity index (χ2n) is 5.75. The Morgan fingerprint density at radius 3 is 2.82 bits per heavy atom. The van der Waals surface area contributed by atoms with Crippen molar-refractivity contribution in [2.45, 2.75) is 44.8 Å². The lowest BCUT2D eigenvalue weighted by atomic mass is 9.75. The fraction of sp³-hybridized carbons (Fsp3) is 0.625. The summed E-state index contributed by atoms with van der Waals surface area (Å²) in [7, 11) is 1.57. The molecule has 6 nitrogen and oxygen atoms in total. The van der Waals surface area contributed by atoms with Gasteiger partial charge in [-0.05, 0) is 30.7 Å². The van der Waals surface area contributed by atoms with Crippen LogP contribution in [0.15, 0.2) is 18.3 Å². The molecule has 22 heavy (non-hydrogen) atoms. The summed E-state index contributed by atoms with van der Waals surface area (Å²) in [5.41, 5.74) is 0.934. The Morgan fingerprint density at radius 1 is 1.50 bits per heavy atom. The van der Waals surface area contributed by atoms with E-state index in [-0.39, 0.29) is 24.1 Å². The molecule has 1 aliphatic rings. The van der Waals surface area contributed by atoms with Crippen LogP contribution in [-0.4, -0.2) is 35.9 Å². The van der Waals surface area contributed by atoms with Gasteiger partial charge in [0.05, 0.1) is 19.3 Å². The van der Waals surface area contributed by atoms with Gasteiger partial charge >= 0.3 is 6.03 Å². The predicted molar refractivity (Wildman–Crippen MR) is 83.7 cm³/mol. The molecule has 0 radical (unpaired) electrons. The number of aromatic nitrogens is 1. The molecule has 0 spiro atoms. The van der Waals surface area contributed by atoms with Gasteiger partial charge in [0.15, 0.2) is 0 Å². The molecule has 1 heterocycles. The van der Waals surface area contributed by atoms with Gasteiger partial charge in [0.2, 0.25) is 5.88 Å². The first-order chi connectivity index (χ1) is 10.6. The van der Waals surface area contributed by atoms with Crippen molar-refractivity contribution in [3.05, 3.63) is 23.9 Å². The summed E-state index contributed by atoms with van der Waals surface area (Å²) < 4.78 is 5.06. The van der Waals surface area contributed by atoms with E-state index in [2.05, 4.69) is 22.5 Å². The average molecular weight is 307 g/mol. The van der Waals surface area contributed by atoms with Crippen LogP contribution in [0.25, 0.3) is 0 Å². The number of urea groups is 1. The maximum atomic E-state index is 12.0. The fourth-order valence-electron chi connectivity index (χ4n) is 2.64. The van der Waals surface area contributed by atoms with E-state index in [0.717, 1.165) is 18.4 Å². The molecule has 0 aromatic carbocycles. The molecule has 0 bridgehead atoms. The number of pyridine rings is 1. The van der Waals surface area contributed by atoms with Crippen LogP contribution in [0.2, 0.25) is 0 Å². The highest BCUT2D eigenvalue weighted by Crippen LogP contribution is 2.38. The van der Waals surface area contributed by atoms with Crippen LogP contribution in [0.4, 0.5) is 4.79 Å². The number of methoxy groups -OCH3 is 1. The first-order valence-electron chi connectivity index (χ1n) is 7.86. The summed E-state index contributed by atoms with van der Waals surface area (Å²) in [6.45, 7) is 2.75. The first kappa shape index (κ1) is 16.5. The van der Waals surface area contributed by atoms with Gasteiger partial charge in [0, 0.05) is 18.8 Å². The Kier molecular flexibility index (Phi) is 6.00. The van der Waals surface area contributed by atoms with Gasteiger partial charge in [0.25, 0.3) is 0 Å². The first-order valence-corrected chi connectivity index (χ1v) is 7.86. The number of nitrogens with zero attached hydrogens (tertiary/aromatic N) is 1. The van der Waals surface area contributed by atoms with Crippen LogP contribution in [0.3, 0.4) is 0 Å². The summed E-state index contributed by atoms with van der Waals surface area (Å²) in [6, 6.07) is 3.39. The second-order valence-corrected chi connectivity index (χ2v) is 5.75. The third-order valence-electron chi connectivity index (χ3n) is 4.05. The number of nitrogens with one attached hydrogen (secondary N) is 2. The lowest BCUT2D eigenvalue weighted by Crippen LogP contribution is -2.45. The minimum absolute atomic E-state index is 0.136. The quantitative estimate of drug-likeness (QED) is 0.673. The smallest absolute Gasteiger partial charge is 0.315 e. The molecule has 1 aromatic rings.